The highest BCUT2D eigenvalue weighted by Crippen LogP contribution is 2.16. The molecule has 0 bridgehead atoms. The van der Waals surface area contributed by atoms with Gasteiger partial charge < -0.3 is 10.3 Å². The summed E-state index contributed by atoms with van der Waals surface area (Å²) >= 11 is 0. The number of nitrogens with zero attached hydrogens (tertiary/aromatic N) is 4. The lowest BCUT2D eigenvalue weighted by molar-refractivity contribution is 0.734. The Morgan fingerprint density at radius 1 is 1.11 bits per heavy atom. The van der Waals surface area contributed by atoms with Crippen molar-refractivity contribution >= 4 is 16.9 Å². The molecule has 0 saturated carbocycles. The molecule has 0 spiro atoms. The zero-order chi connectivity index (χ0) is 13.4. The first-order valence-corrected chi connectivity index (χ1v) is 6.15. The summed E-state index contributed by atoms with van der Waals surface area (Å²) in [5, 5.41) is 0. The van der Waals surface area contributed by atoms with E-state index in [1.807, 2.05) is 32.0 Å². The molecule has 2 aromatic heterocycles. The Kier molecular flexibility index (Phi) is 2.67. The first-order valence-electron chi connectivity index (χ1n) is 6.15. The molecule has 0 radical (unpaired) electrons. The van der Waals surface area contributed by atoms with Gasteiger partial charge in [0.15, 0.2) is 5.82 Å². The van der Waals surface area contributed by atoms with Gasteiger partial charge in [0.1, 0.15) is 11.6 Å². The lowest BCUT2D eigenvalue weighted by Gasteiger charge is -2.07. The van der Waals surface area contributed by atoms with Crippen molar-refractivity contribution in [2.24, 2.45) is 0 Å². The average molecular weight is 253 g/mol. The number of rotatable bonds is 2. The van der Waals surface area contributed by atoms with E-state index in [0.717, 1.165) is 22.6 Å². The number of nitrogens with two attached hydrogens (primary N) is 1. The van der Waals surface area contributed by atoms with Crippen molar-refractivity contribution in [3.63, 3.8) is 0 Å². The lowest BCUT2D eigenvalue weighted by atomic mass is 10.3. The Hall–Kier alpha value is -2.43. The van der Waals surface area contributed by atoms with Crippen LogP contribution in [-0.4, -0.2) is 19.5 Å². The Balaban J connectivity index is 2.07. The Bertz CT molecular complexity index is 724. The van der Waals surface area contributed by atoms with Gasteiger partial charge in [0.25, 0.3) is 0 Å². The molecule has 5 nitrogen and oxygen atoms in total. The number of aromatic nitrogens is 4. The predicted molar refractivity (Wildman–Crippen MR) is 74.8 cm³/mol. The molecule has 5 heteroatoms. The summed E-state index contributed by atoms with van der Waals surface area (Å²) in [4.78, 5) is 13.2. The summed E-state index contributed by atoms with van der Waals surface area (Å²) in [6.45, 7) is 4.48. The van der Waals surface area contributed by atoms with Gasteiger partial charge in [0, 0.05) is 11.8 Å². The Morgan fingerprint density at radius 2 is 1.89 bits per heavy atom. The van der Waals surface area contributed by atoms with Crippen LogP contribution in [-0.2, 0) is 6.54 Å². The molecular formula is C14H15N5. The van der Waals surface area contributed by atoms with Crippen LogP contribution >= 0.6 is 0 Å². The van der Waals surface area contributed by atoms with Crippen LogP contribution < -0.4 is 5.73 Å². The van der Waals surface area contributed by atoms with Gasteiger partial charge in [-0.1, -0.05) is 12.1 Å². The van der Waals surface area contributed by atoms with Gasteiger partial charge in [-0.3, -0.25) is 0 Å². The highest BCUT2D eigenvalue weighted by molar-refractivity contribution is 5.75. The molecule has 0 aliphatic rings. The zero-order valence-corrected chi connectivity index (χ0v) is 11.0. The minimum atomic E-state index is 0.504. The van der Waals surface area contributed by atoms with E-state index in [2.05, 4.69) is 25.6 Å². The van der Waals surface area contributed by atoms with Gasteiger partial charge in [0.2, 0.25) is 0 Å². The summed E-state index contributed by atoms with van der Waals surface area (Å²) in [6, 6.07) is 9.81. The number of benzene rings is 1. The third-order valence-electron chi connectivity index (χ3n) is 3.07. The van der Waals surface area contributed by atoms with Gasteiger partial charge in [-0.25, -0.2) is 15.0 Å². The topological polar surface area (TPSA) is 69.6 Å². The SMILES string of the molecule is Cc1cc(N)nc(Cn2c(C)nc3ccccc32)n1. The van der Waals surface area contributed by atoms with E-state index in [0.29, 0.717) is 18.2 Å². The van der Waals surface area contributed by atoms with Crippen LogP contribution in [0.1, 0.15) is 17.3 Å². The molecule has 96 valence electrons. The third-order valence-corrected chi connectivity index (χ3v) is 3.07. The number of nitrogen functional groups attached to an aromatic ring is 1. The van der Waals surface area contributed by atoms with Crippen molar-refractivity contribution in [3.8, 4) is 0 Å². The second-order valence-corrected chi connectivity index (χ2v) is 4.58. The molecule has 1 aromatic carbocycles. The van der Waals surface area contributed by atoms with E-state index in [1.54, 1.807) is 6.07 Å². The molecule has 0 saturated heterocycles. The van der Waals surface area contributed by atoms with Crippen LogP contribution in [0, 0.1) is 13.8 Å². The number of aryl methyl sites for hydroxylation is 2. The average Bonchev–Trinajstić information content (AvgIpc) is 2.65. The first kappa shape index (κ1) is 11.6. The second-order valence-electron chi connectivity index (χ2n) is 4.58. The maximum atomic E-state index is 5.76. The van der Waals surface area contributed by atoms with Crippen molar-refractivity contribution < 1.29 is 0 Å². The number of hydrogen-bond acceptors (Lipinski definition) is 4. The molecule has 0 unspecified atom stereocenters. The fourth-order valence-electron chi connectivity index (χ4n) is 2.26. The highest BCUT2D eigenvalue weighted by Gasteiger charge is 2.09. The maximum absolute atomic E-state index is 5.76. The van der Waals surface area contributed by atoms with Gasteiger partial charge in [-0.05, 0) is 26.0 Å². The smallest absolute Gasteiger partial charge is 0.150 e. The molecule has 3 aromatic rings. The Morgan fingerprint density at radius 3 is 2.68 bits per heavy atom. The van der Waals surface area contributed by atoms with Crippen molar-refractivity contribution in [1.82, 2.24) is 19.5 Å². The molecule has 3 rings (SSSR count). The number of hydrogen-bond donors (Lipinski definition) is 1. The van der Waals surface area contributed by atoms with Crippen molar-refractivity contribution in [1.29, 1.82) is 0 Å². The fourth-order valence-corrected chi connectivity index (χ4v) is 2.26. The monoisotopic (exact) mass is 253 g/mol. The van der Waals surface area contributed by atoms with Gasteiger partial charge in [-0.15, -0.1) is 0 Å². The second kappa shape index (κ2) is 4.35. The summed E-state index contributed by atoms with van der Waals surface area (Å²) in [7, 11) is 0. The van der Waals surface area contributed by atoms with Crippen molar-refractivity contribution in [2.75, 3.05) is 5.73 Å². The van der Waals surface area contributed by atoms with Crippen LogP contribution in [0.3, 0.4) is 0 Å². The summed E-state index contributed by atoms with van der Waals surface area (Å²) in [6.07, 6.45) is 0. The van der Waals surface area contributed by atoms with E-state index in [4.69, 9.17) is 5.73 Å². The van der Waals surface area contributed by atoms with Crippen LogP contribution in [0.25, 0.3) is 11.0 Å². The van der Waals surface area contributed by atoms with E-state index in [1.165, 1.54) is 0 Å². The van der Waals surface area contributed by atoms with E-state index >= 15 is 0 Å². The van der Waals surface area contributed by atoms with E-state index in [-0.39, 0.29) is 0 Å². The summed E-state index contributed by atoms with van der Waals surface area (Å²) in [5.74, 6) is 2.17. The minimum Gasteiger partial charge on any atom is -0.384 e. The number of anilines is 1. The maximum Gasteiger partial charge on any atom is 0.150 e. The molecule has 0 aliphatic carbocycles. The normalized spacial score (nSPS) is 11.1. The summed E-state index contributed by atoms with van der Waals surface area (Å²) in [5.41, 5.74) is 8.72. The van der Waals surface area contributed by atoms with Crippen LogP contribution in [0.2, 0.25) is 0 Å². The molecule has 0 atom stereocenters. The standard InChI is InChI=1S/C14H15N5/c1-9-7-13(15)18-14(16-9)8-19-10(2)17-11-5-3-4-6-12(11)19/h3-7H,8H2,1-2H3,(H2,15,16,18). The predicted octanol–water partition coefficient (Wildman–Crippen LogP) is 2.07. The van der Waals surface area contributed by atoms with Crippen molar-refractivity contribution in [2.45, 2.75) is 20.4 Å². The number of fused-ring (bicyclic) bond motifs is 1. The number of para-hydroxylation sites is 2. The molecule has 0 fully saturated rings. The summed E-state index contributed by atoms with van der Waals surface area (Å²) < 4.78 is 2.10. The molecule has 2 heterocycles. The lowest BCUT2D eigenvalue weighted by Crippen LogP contribution is -2.08. The van der Waals surface area contributed by atoms with Gasteiger partial charge in [0.05, 0.1) is 17.6 Å². The molecule has 0 amide bonds. The van der Waals surface area contributed by atoms with Crippen LogP contribution in [0.15, 0.2) is 30.3 Å². The van der Waals surface area contributed by atoms with E-state index < -0.39 is 0 Å². The highest BCUT2D eigenvalue weighted by atomic mass is 15.1. The van der Waals surface area contributed by atoms with Gasteiger partial charge >= 0.3 is 0 Å². The third kappa shape index (κ3) is 2.14. The van der Waals surface area contributed by atoms with Crippen LogP contribution in [0.4, 0.5) is 5.82 Å². The van der Waals surface area contributed by atoms with Gasteiger partial charge in [-0.2, -0.15) is 0 Å². The molecule has 0 aliphatic heterocycles. The van der Waals surface area contributed by atoms with Crippen molar-refractivity contribution in [3.05, 3.63) is 47.7 Å². The minimum absolute atomic E-state index is 0.504. The quantitative estimate of drug-likeness (QED) is 0.759. The zero-order valence-electron chi connectivity index (χ0n) is 11.0. The fraction of sp³-hybridized carbons (Fsp3) is 0.214. The Labute approximate surface area is 111 Å². The molecular weight excluding hydrogens is 238 g/mol. The largest absolute Gasteiger partial charge is 0.384 e. The number of imidazole rings is 1. The molecule has 2 N–H and O–H groups in total. The van der Waals surface area contributed by atoms with Crippen LogP contribution in [0.5, 0.6) is 0 Å². The molecule has 19 heavy (non-hydrogen) atoms. The first-order chi connectivity index (χ1) is 9.13. The van der Waals surface area contributed by atoms with E-state index in [9.17, 15) is 0 Å².